The molecule has 340 valence electrons. The van der Waals surface area contributed by atoms with Crippen molar-refractivity contribution in [2.24, 2.45) is 0 Å². The Morgan fingerprint density at radius 3 is 1.02 bits per heavy atom. The Morgan fingerprint density at radius 1 is 0.350 bits per heavy atom. The average molecular weight is 833 g/mol. The van der Waals surface area contributed by atoms with Crippen molar-refractivity contribution in [3.8, 4) is 0 Å². The van der Waals surface area contributed by atoms with Gasteiger partial charge < -0.3 is 14.2 Å². The SMILES string of the molecule is CC/C=C\C/C=C\C/C=C\C/C=C\C/C=C\C/C=C\C/C=C\C/C=C\CCCCCCC(=O)OCC(COC(=O)CCCCCCCC)OC(=O)CCCCCCCCC. The van der Waals surface area contributed by atoms with Crippen LogP contribution < -0.4 is 0 Å². The van der Waals surface area contributed by atoms with E-state index in [0.29, 0.717) is 19.3 Å². The number of allylic oxidation sites excluding steroid dienone is 16. The maximum absolute atomic E-state index is 12.6. The molecule has 0 rings (SSSR count). The van der Waals surface area contributed by atoms with Crippen LogP contribution in [0.1, 0.15) is 207 Å². The van der Waals surface area contributed by atoms with E-state index in [9.17, 15) is 14.4 Å². The predicted octanol–water partition coefficient (Wildman–Crippen LogP) is 15.8. The van der Waals surface area contributed by atoms with E-state index in [0.717, 1.165) is 122 Å². The minimum atomic E-state index is -0.780. The lowest BCUT2D eigenvalue weighted by molar-refractivity contribution is -0.167. The number of esters is 3. The van der Waals surface area contributed by atoms with Gasteiger partial charge >= 0.3 is 17.9 Å². The minimum absolute atomic E-state index is 0.0858. The summed E-state index contributed by atoms with van der Waals surface area (Å²) in [4.78, 5) is 37.4. The third-order valence-corrected chi connectivity index (χ3v) is 9.85. The van der Waals surface area contributed by atoms with Gasteiger partial charge in [0.15, 0.2) is 6.10 Å². The van der Waals surface area contributed by atoms with Crippen molar-refractivity contribution in [3.63, 3.8) is 0 Å². The van der Waals surface area contributed by atoms with Gasteiger partial charge in [-0.05, 0) is 83.5 Å². The van der Waals surface area contributed by atoms with Crippen LogP contribution in [0.4, 0.5) is 0 Å². The van der Waals surface area contributed by atoms with E-state index in [1.807, 2.05) is 0 Å². The Bertz CT molecular complexity index is 1230. The molecule has 0 heterocycles. The van der Waals surface area contributed by atoms with Crippen LogP contribution in [0.15, 0.2) is 97.2 Å². The van der Waals surface area contributed by atoms with Gasteiger partial charge in [0.1, 0.15) is 13.2 Å². The lowest BCUT2D eigenvalue weighted by Crippen LogP contribution is -2.30. The van der Waals surface area contributed by atoms with Crippen molar-refractivity contribution in [2.75, 3.05) is 13.2 Å². The van der Waals surface area contributed by atoms with Crippen LogP contribution in [-0.4, -0.2) is 37.2 Å². The second kappa shape index (κ2) is 48.0. The second-order valence-electron chi connectivity index (χ2n) is 15.6. The van der Waals surface area contributed by atoms with Crippen LogP contribution in [-0.2, 0) is 28.6 Å². The molecule has 6 nitrogen and oxygen atoms in total. The Kier molecular flexibility index (Phi) is 45.1. The van der Waals surface area contributed by atoms with Gasteiger partial charge in [0, 0.05) is 19.3 Å². The van der Waals surface area contributed by atoms with E-state index in [-0.39, 0.29) is 31.1 Å². The van der Waals surface area contributed by atoms with E-state index in [1.54, 1.807) is 0 Å². The zero-order valence-electron chi connectivity index (χ0n) is 38.7. The molecule has 0 aromatic heterocycles. The van der Waals surface area contributed by atoms with Gasteiger partial charge in [-0.3, -0.25) is 14.4 Å². The molecule has 0 spiro atoms. The van der Waals surface area contributed by atoms with E-state index in [2.05, 4.69) is 118 Å². The Hall–Kier alpha value is -3.67. The molecule has 0 bridgehead atoms. The fourth-order valence-electron chi connectivity index (χ4n) is 6.22. The van der Waals surface area contributed by atoms with E-state index in [1.165, 1.54) is 44.9 Å². The van der Waals surface area contributed by atoms with Crippen LogP contribution in [0.3, 0.4) is 0 Å². The van der Waals surface area contributed by atoms with E-state index in [4.69, 9.17) is 14.2 Å². The first-order chi connectivity index (χ1) is 29.5. The van der Waals surface area contributed by atoms with Gasteiger partial charge in [-0.1, -0.05) is 201 Å². The van der Waals surface area contributed by atoms with Gasteiger partial charge in [0.2, 0.25) is 0 Å². The van der Waals surface area contributed by atoms with Crippen molar-refractivity contribution in [1.29, 1.82) is 0 Å². The molecule has 0 aliphatic heterocycles. The zero-order chi connectivity index (χ0) is 43.7. The highest BCUT2D eigenvalue weighted by molar-refractivity contribution is 5.71. The molecule has 1 atom stereocenters. The van der Waals surface area contributed by atoms with Gasteiger partial charge in [-0.25, -0.2) is 0 Å². The molecule has 0 aliphatic rings. The van der Waals surface area contributed by atoms with Crippen molar-refractivity contribution >= 4 is 17.9 Å². The van der Waals surface area contributed by atoms with Gasteiger partial charge in [0.25, 0.3) is 0 Å². The molecule has 6 heteroatoms. The van der Waals surface area contributed by atoms with Crippen LogP contribution in [0, 0.1) is 0 Å². The van der Waals surface area contributed by atoms with E-state index < -0.39 is 6.10 Å². The quantitative estimate of drug-likeness (QED) is 0.0264. The zero-order valence-corrected chi connectivity index (χ0v) is 38.7. The maximum Gasteiger partial charge on any atom is 0.306 e. The summed E-state index contributed by atoms with van der Waals surface area (Å²) in [6.07, 6.45) is 63.0. The first-order valence-corrected chi connectivity index (χ1v) is 24.2. The third-order valence-electron chi connectivity index (χ3n) is 9.85. The molecule has 60 heavy (non-hydrogen) atoms. The van der Waals surface area contributed by atoms with Crippen LogP contribution in [0.5, 0.6) is 0 Å². The smallest absolute Gasteiger partial charge is 0.306 e. The Balaban J connectivity index is 4.12. The predicted molar refractivity (Wildman–Crippen MR) is 256 cm³/mol. The van der Waals surface area contributed by atoms with Crippen molar-refractivity contribution < 1.29 is 28.6 Å². The highest BCUT2D eigenvalue weighted by Crippen LogP contribution is 2.12. The molecule has 0 aromatic carbocycles. The lowest BCUT2D eigenvalue weighted by Gasteiger charge is -2.18. The summed E-state index contributed by atoms with van der Waals surface area (Å²) < 4.78 is 16.5. The number of rotatable bonds is 42. The number of hydrogen-bond donors (Lipinski definition) is 0. The van der Waals surface area contributed by atoms with Crippen LogP contribution in [0.25, 0.3) is 0 Å². The number of carbonyl (C=O) groups excluding carboxylic acids is 3. The van der Waals surface area contributed by atoms with Gasteiger partial charge in [-0.15, -0.1) is 0 Å². The maximum atomic E-state index is 12.6. The third kappa shape index (κ3) is 45.4. The number of unbranched alkanes of at least 4 members (excludes halogenated alkanes) is 15. The molecule has 0 radical (unpaired) electrons. The highest BCUT2D eigenvalue weighted by atomic mass is 16.6. The first kappa shape index (κ1) is 56.3. The Morgan fingerprint density at radius 2 is 0.650 bits per heavy atom. The first-order valence-electron chi connectivity index (χ1n) is 24.2. The monoisotopic (exact) mass is 833 g/mol. The highest BCUT2D eigenvalue weighted by Gasteiger charge is 2.19. The molecule has 0 saturated carbocycles. The molecule has 1 unspecified atom stereocenters. The van der Waals surface area contributed by atoms with Crippen LogP contribution >= 0.6 is 0 Å². The van der Waals surface area contributed by atoms with Crippen molar-refractivity contribution in [1.82, 2.24) is 0 Å². The fourth-order valence-corrected chi connectivity index (χ4v) is 6.22. The molecule has 0 aromatic rings. The number of carbonyl (C=O) groups is 3. The fraction of sp³-hybridized carbons (Fsp3) is 0.648. The molecule has 0 saturated heterocycles. The number of hydrogen-bond acceptors (Lipinski definition) is 6. The molecular formula is C54H88O6. The summed E-state index contributed by atoms with van der Waals surface area (Å²) in [6.45, 7) is 6.37. The topological polar surface area (TPSA) is 78.9 Å². The summed E-state index contributed by atoms with van der Waals surface area (Å²) in [6, 6.07) is 0. The summed E-state index contributed by atoms with van der Waals surface area (Å²) >= 11 is 0. The summed E-state index contributed by atoms with van der Waals surface area (Å²) in [5.41, 5.74) is 0. The Labute approximate surface area is 368 Å². The molecule has 0 fully saturated rings. The van der Waals surface area contributed by atoms with Gasteiger partial charge in [0.05, 0.1) is 0 Å². The normalized spacial score (nSPS) is 12.9. The molecule has 0 amide bonds. The summed E-state index contributed by atoms with van der Waals surface area (Å²) in [5.74, 6) is -0.937. The molecule has 0 N–H and O–H groups in total. The summed E-state index contributed by atoms with van der Waals surface area (Å²) in [5, 5.41) is 0. The second-order valence-corrected chi connectivity index (χ2v) is 15.6. The van der Waals surface area contributed by atoms with Gasteiger partial charge in [-0.2, -0.15) is 0 Å². The largest absolute Gasteiger partial charge is 0.462 e. The standard InChI is InChI=1S/C54H88O6/c1-4-7-10-13-16-17-18-19-20-21-22-23-24-25-26-27-28-29-30-31-32-33-34-35-36-37-39-41-44-47-53(56)59-50-51(49-58-52(55)46-43-40-15-12-9-6-3)60-54(57)48-45-42-38-14-11-8-5-2/h7,10,16-17,19-20,22-23,25-26,28-29,31-32,34-35,51H,4-6,8-9,11-15,18,21,24,27,30,33,36-50H2,1-3H3/b10-7-,17-16-,20-19-,23-22-,26-25-,29-28-,32-31-,35-34-. The van der Waals surface area contributed by atoms with Crippen LogP contribution in [0.2, 0.25) is 0 Å². The molecule has 0 aliphatic carbocycles. The molecular weight excluding hydrogens is 745 g/mol. The summed E-state index contributed by atoms with van der Waals surface area (Å²) in [7, 11) is 0. The van der Waals surface area contributed by atoms with Crippen molar-refractivity contribution in [2.45, 2.75) is 213 Å². The van der Waals surface area contributed by atoms with Crippen molar-refractivity contribution in [3.05, 3.63) is 97.2 Å². The van der Waals surface area contributed by atoms with E-state index >= 15 is 0 Å². The minimum Gasteiger partial charge on any atom is -0.462 e. The number of ether oxygens (including phenoxy) is 3. The average Bonchev–Trinajstić information content (AvgIpc) is 3.24. The lowest BCUT2D eigenvalue weighted by atomic mass is 10.1.